The Balaban J connectivity index is 1.66. The van der Waals surface area contributed by atoms with Crippen molar-refractivity contribution in [3.05, 3.63) is 71.3 Å². The Labute approximate surface area is 183 Å². The van der Waals surface area contributed by atoms with Crippen molar-refractivity contribution in [3.8, 4) is 0 Å². The first-order chi connectivity index (χ1) is 15.5. The van der Waals surface area contributed by atoms with E-state index in [2.05, 4.69) is 16.0 Å². The first kappa shape index (κ1) is 22.6. The Morgan fingerprint density at radius 2 is 1.88 bits per heavy atom. The average Bonchev–Trinajstić information content (AvgIpc) is 3.33. The topological polar surface area (TPSA) is 136 Å². The zero-order valence-corrected chi connectivity index (χ0v) is 17.4. The first-order valence-corrected chi connectivity index (χ1v) is 9.99. The Hall–Kier alpha value is -4.08. The van der Waals surface area contributed by atoms with E-state index in [1.54, 1.807) is 37.3 Å². The molecule has 10 nitrogen and oxygen atoms in total. The lowest BCUT2D eigenvalue weighted by molar-refractivity contribution is -0.143. The predicted octanol–water partition coefficient (Wildman–Crippen LogP) is 1.81. The molecule has 0 saturated carbocycles. The number of carbonyl (C=O) groups is 4. The van der Waals surface area contributed by atoms with E-state index in [0.717, 1.165) is 0 Å². The Morgan fingerprint density at radius 1 is 1.09 bits per heavy atom. The largest absolute Gasteiger partial charge is 0.463 e. The molecule has 0 aliphatic carbocycles. The summed E-state index contributed by atoms with van der Waals surface area (Å²) in [5.41, 5.74) is 0.959. The molecular weight excluding hydrogens is 418 g/mol. The van der Waals surface area contributed by atoms with E-state index in [9.17, 15) is 19.2 Å². The highest BCUT2D eigenvalue weighted by Gasteiger charge is 2.34. The number of amides is 3. The van der Waals surface area contributed by atoms with Gasteiger partial charge in [-0.2, -0.15) is 0 Å². The van der Waals surface area contributed by atoms with Crippen molar-refractivity contribution in [2.24, 2.45) is 0 Å². The quantitative estimate of drug-likeness (QED) is 0.505. The lowest BCUT2D eigenvalue weighted by Gasteiger charge is -2.29. The number of nitrogens with one attached hydrogen (secondary N) is 3. The second kappa shape index (κ2) is 10.8. The van der Waals surface area contributed by atoms with Crippen molar-refractivity contribution in [1.29, 1.82) is 0 Å². The van der Waals surface area contributed by atoms with E-state index in [0.29, 0.717) is 5.56 Å². The van der Waals surface area contributed by atoms with Gasteiger partial charge in [-0.1, -0.05) is 30.3 Å². The van der Waals surface area contributed by atoms with Gasteiger partial charge < -0.3 is 29.8 Å². The maximum absolute atomic E-state index is 12.6. The fraction of sp³-hybridized carbons (Fsp3) is 0.273. The molecule has 32 heavy (non-hydrogen) atoms. The lowest BCUT2D eigenvalue weighted by atomic mass is 9.95. The minimum absolute atomic E-state index is 0.0305. The maximum Gasteiger partial charge on any atom is 0.338 e. The van der Waals surface area contributed by atoms with Crippen LogP contribution in [0.4, 0.5) is 4.79 Å². The van der Waals surface area contributed by atoms with Crippen molar-refractivity contribution in [3.63, 3.8) is 0 Å². The van der Waals surface area contributed by atoms with Crippen LogP contribution in [0.2, 0.25) is 0 Å². The van der Waals surface area contributed by atoms with E-state index in [-0.39, 0.29) is 43.2 Å². The third-order valence-corrected chi connectivity index (χ3v) is 4.52. The van der Waals surface area contributed by atoms with Crippen LogP contribution < -0.4 is 16.0 Å². The molecule has 0 bridgehead atoms. The van der Waals surface area contributed by atoms with Crippen LogP contribution in [0, 0.1) is 0 Å². The molecule has 1 unspecified atom stereocenters. The number of carbonyl (C=O) groups excluding carboxylic acids is 4. The van der Waals surface area contributed by atoms with Gasteiger partial charge in [0.05, 0.1) is 36.6 Å². The zero-order valence-electron chi connectivity index (χ0n) is 17.4. The Morgan fingerprint density at radius 3 is 2.56 bits per heavy atom. The molecule has 10 heteroatoms. The third-order valence-electron chi connectivity index (χ3n) is 4.52. The van der Waals surface area contributed by atoms with E-state index in [1.165, 1.54) is 12.3 Å². The van der Waals surface area contributed by atoms with Crippen LogP contribution in [-0.4, -0.2) is 43.6 Å². The molecule has 3 N–H and O–H groups in total. The molecule has 0 spiro atoms. The van der Waals surface area contributed by atoms with E-state index in [4.69, 9.17) is 13.9 Å². The van der Waals surface area contributed by atoms with Gasteiger partial charge in [-0.05, 0) is 24.6 Å². The minimum atomic E-state index is -0.759. The number of rotatable bonds is 9. The molecule has 1 aliphatic heterocycles. The highest BCUT2D eigenvalue weighted by Crippen LogP contribution is 2.27. The summed E-state index contributed by atoms with van der Waals surface area (Å²) >= 11 is 0. The van der Waals surface area contributed by atoms with Gasteiger partial charge in [-0.3, -0.25) is 9.59 Å². The molecule has 3 rings (SSSR count). The number of benzene rings is 1. The van der Waals surface area contributed by atoms with Crippen LogP contribution in [0.5, 0.6) is 0 Å². The summed E-state index contributed by atoms with van der Waals surface area (Å²) in [5, 5.41) is 7.75. The molecule has 1 atom stereocenters. The van der Waals surface area contributed by atoms with Crippen molar-refractivity contribution in [2.45, 2.75) is 19.4 Å². The zero-order chi connectivity index (χ0) is 22.9. The third kappa shape index (κ3) is 5.75. The Kier molecular flexibility index (Phi) is 7.63. The molecule has 3 amide bonds. The predicted molar refractivity (Wildman–Crippen MR) is 111 cm³/mol. The summed E-state index contributed by atoms with van der Waals surface area (Å²) in [6.07, 6.45) is 1.26. The first-order valence-electron chi connectivity index (χ1n) is 9.99. The summed E-state index contributed by atoms with van der Waals surface area (Å²) in [5.74, 6) is -1.58. The fourth-order valence-electron chi connectivity index (χ4n) is 3.07. The summed E-state index contributed by atoms with van der Waals surface area (Å²) in [7, 11) is 0. The highest BCUT2D eigenvalue weighted by molar-refractivity contribution is 5.95. The molecule has 0 saturated heterocycles. The summed E-state index contributed by atoms with van der Waals surface area (Å²) in [4.78, 5) is 48.8. The van der Waals surface area contributed by atoms with Crippen molar-refractivity contribution >= 4 is 23.9 Å². The summed E-state index contributed by atoms with van der Waals surface area (Å²) < 4.78 is 15.3. The number of esters is 2. The molecule has 0 fully saturated rings. The van der Waals surface area contributed by atoms with Gasteiger partial charge >= 0.3 is 18.0 Å². The molecule has 2 heterocycles. The molecule has 1 aromatic carbocycles. The van der Waals surface area contributed by atoms with Gasteiger partial charge in [-0.15, -0.1) is 0 Å². The molecule has 1 aromatic heterocycles. The number of urea groups is 1. The maximum atomic E-state index is 12.6. The minimum Gasteiger partial charge on any atom is -0.463 e. The number of furan rings is 1. The summed E-state index contributed by atoms with van der Waals surface area (Å²) in [6.45, 7) is 1.50. The van der Waals surface area contributed by atoms with Crippen LogP contribution in [-0.2, 0) is 19.1 Å². The summed E-state index contributed by atoms with van der Waals surface area (Å²) in [6, 6.07) is 10.7. The normalized spacial score (nSPS) is 15.4. The van der Waals surface area contributed by atoms with E-state index < -0.39 is 29.9 Å². The van der Waals surface area contributed by atoms with Gasteiger partial charge in [0.1, 0.15) is 6.61 Å². The molecule has 1 aliphatic rings. The lowest BCUT2D eigenvalue weighted by Crippen LogP contribution is -2.47. The fourth-order valence-corrected chi connectivity index (χ4v) is 3.07. The molecular formula is C22H23N3O7. The molecule has 2 aromatic rings. The van der Waals surface area contributed by atoms with Gasteiger partial charge in [0, 0.05) is 6.54 Å². The second-order valence-corrected chi connectivity index (χ2v) is 6.70. The number of hydrogen-bond donors (Lipinski definition) is 3. The molecule has 0 radical (unpaired) electrons. The van der Waals surface area contributed by atoms with Gasteiger partial charge in [0.2, 0.25) is 0 Å². The monoisotopic (exact) mass is 441 g/mol. The van der Waals surface area contributed by atoms with Crippen molar-refractivity contribution < 1.29 is 33.1 Å². The highest BCUT2D eigenvalue weighted by atomic mass is 16.5. The van der Waals surface area contributed by atoms with Crippen LogP contribution in [0.3, 0.4) is 0 Å². The average molecular weight is 441 g/mol. The molecule has 168 valence electrons. The number of hydrogen-bond acceptors (Lipinski definition) is 7. The van der Waals surface area contributed by atoms with Crippen molar-refractivity contribution in [2.75, 3.05) is 19.8 Å². The van der Waals surface area contributed by atoms with E-state index >= 15 is 0 Å². The van der Waals surface area contributed by atoms with Gasteiger partial charge in [-0.25, -0.2) is 9.59 Å². The van der Waals surface area contributed by atoms with Crippen LogP contribution in [0.25, 0.3) is 0 Å². The van der Waals surface area contributed by atoms with E-state index in [1.807, 2.05) is 6.07 Å². The van der Waals surface area contributed by atoms with Crippen LogP contribution in [0.15, 0.2) is 64.4 Å². The smallest absolute Gasteiger partial charge is 0.338 e. The number of ether oxygens (including phenoxy) is 2. The standard InChI is InChI=1S/C22H23N3O7/c1-2-30-21(28)18-15(24-22(29)25-19(18)14-7-4-3-5-8-14)13-32-17(26)10-11-23-20(27)16-9-6-12-31-16/h3-9,12,19H,2,10-11,13H2,1H3,(H,23,27)(H2,24,25,29). The van der Waals surface area contributed by atoms with Gasteiger partial charge in [0.15, 0.2) is 5.76 Å². The SMILES string of the molecule is CCOC(=O)C1=C(COC(=O)CCNC(=O)c2ccco2)NC(=O)NC1c1ccccc1. The second-order valence-electron chi connectivity index (χ2n) is 6.70. The Bertz CT molecular complexity index is 1000. The van der Waals surface area contributed by atoms with Crippen LogP contribution >= 0.6 is 0 Å². The van der Waals surface area contributed by atoms with Crippen molar-refractivity contribution in [1.82, 2.24) is 16.0 Å². The van der Waals surface area contributed by atoms with Crippen LogP contribution in [0.1, 0.15) is 35.5 Å². The van der Waals surface area contributed by atoms with Gasteiger partial charge in [0.25, 0.3) is 5.91 Å².